The Kier molecular flexibility index (Phi) is 4.70. The quantitative estimate of drug-likeness (QED) is 0.819. The lowest BCUT2D eigenvalue weighted by molar-refractivity contribution is 0.401. The zero-order valence-electron chi connectivity index (χ0n) is 11.1. The minimum Gasteiger partial charge on any atom is -0.452 e. The van der Waals surface area contributed by atoms with Crippen molar-refractivity contribution in [2.45, 2.75) is 43.7 Å². The molecule has 108 valence electrons. The van der Waals surface area contributed by atoms with E-state index >= 15 is 0 Å². The Labute approximate surface area is 122 Å². The minimum atomic E-state index is -3.46. The number of nitrogens with one attached hydrogen (secondary N) is 1. The molecule has 0 radical (unpaired) electrons. The SMILES string of the molecule is CCCN(C1CC1)S(=O)(=O)c1cc(CNC)oc1Br. The van der Waals surface area contributed by atoms with Crippen LogP contribution in [0, 0.1) is 0 Å². The smallest absolute Gasteiger partial charge is 0.247 e. The lowest BCUT2D eigenvalue weighted by Crippen LogP contribution is -2.33. The molecule has 19 heavy (non-hydrogen) atoms. The molecule has 0 atom stereocenters. The second kappa shape index (κ2) is 5.95. The molecular formula is C12H19BrN2O3S. The van der Waals surface area contributed by atoms with E-state index in [4.69, 9.17) is 4.42 Å². The van der Waals surface area contributed by atoms with Crippen molar-refractivity contribution in [1.29, 1.82) is 0 Å². The number of sulfonamides is 1. The molecule has 0 unspecified atom stereocenters. The summed E-state index contributed by atoms with van der Waals surface area (Å²) >= 11 is 3.21. The molecule has 7 heteroatoms. The molecule has 1 aliphatic rings. The lowest BCUT2D eigenvalue weighted by atomic mass is 10.4. The second-order valence-electron chi connectivity index (χ2n) is 4.73. The molecule has 1 fully saturated rings. The van der Waals surface area contributed by atoms with E-state index in [1.54, 1.807) is 17.4 Å². The normalized spacial score (nSPS) is 16.2. The fraction of sp³-hybridized carbons (Fsp3) is 0.667. The average Bonchev–Trinajstić information content (AvgIpc) is 3.10. The number of halogens is 1. The van der Waals surface area contributed by atoms with E-state index < -0.39 is 10.0 Å². The molecule has 0 bridgehead atoms. The van der Waals surface area contributed by atoms with Crippen molar-refractivity contribution < 1.29 is 12.8 Å². The summed E-state index contributed by atoms with van der Waals surface area (Å²) in [5.41, 5.74) is 0. The van der Waals surface area contributed by atoms with E-state index in [1.165, 1.54) is 0 Å². The van der Waals surface area contributed by atoms with Gasteiger partial charge in [-0.3, -0.25) is 0 Å². The number of hydrogen-bond acceptors (Lipinski definition) is 4. The van der Waals surface area contributed by atoms with Gasteiger partial charge in [-0.15, -0.1) is 0 Å². The van der Waals surface area contributed by atoms with E-state index in [1.807, 2.05) is 6.92 Å². The third kappa shape index (κ3) is 3.21. The highest BCUT2D eigenvalue weighted by molar-refractivity contribution is 9.10. The zero-order valence-corrected chi connectivity index (χ0v) is 13.6. The Morgan fingerprint density at radius 1 is 1.53 bits per heavy atom. The van der Waals surface area contributed by atoms with Crippen LogP contribution in [0.2, 0.25) is 0 Å². The van der Waals surface area contributed by atoms with Gasteiger partial charge in [0.05, 0.1) is 6.54 Å². The van der Waals surface area contributed by atoms with Crippen molar-refractivity contribution in [3.05, 3.63) is 16.5 Å². The summed E-state index contributed by atoms with van der Waals surface area (Å²) in [5.74, 6) is 0.611. The summed E-state index contributed by atoms with van der Waals surface area (Å²) in [5, 5.41) is 2.94. The van der Waals surface area contributed by atoms with Crippen LogP contribution in [-0.4, -0.2) is 32.4 Å². The Bertz CT molecular complexity index is 537. The van der Waals surface area contributed by atoms with Gasteiger partial charge in [-0.2, -0.15) is 4.31 Å². The van der Waals surface area contributed by atoms with Crippen LogP contribution < -0.4 is 5.32 Å². The largest absolute Gasteiger partial charge is 0.452 e. The van der Waals surface area contributed by atoms with Crippen LogP contribution in [0.25, 0.3) is 0 Å². The summed E-state index contributed by atoms with van der Waals surface area (Å²) < 4.78 is 32.6. The highest BCUT2D eigenvalue weighted by Gasteiger charge is 2.39. The van der Waals surface area contributed by atoms with Gasteiger partial charge in [0, 0.05) is 18.7 Å². The molecule has 1 saturated carbocycles. The molecule has 1 heterocycles. The van der Waals surface area contributed by atoms with Crippen LogP contribution in [-0.2, 0) is 16.6 Å². The first-order valence-corrected chi connectivity index (χ1v) is 8.68. The minimum absolute atomic E-state index is 0.166. The van der Waals surface area contributed by atoms with Gasteiger partial charge in [-0.25, -0.2) is 8.42 Å². The fourth-order valence-corrected chi connectivity index (χ4v) is 4.78. The summed E-state index contributed by atoms with van der Waals surface area (Å²) in [7, 11) is -1.67. The first-order chi connectivity index (χ1) is 9.00. The van der Waals surface area contributed by atoms with Crippen LogP contribution in [0.3, 0.4) is 0 Å². The van der Waals surface area contributed by atoms with Crippen LogP contribution in [0.5, 0.6) is 0 Å². The molecule has 0 amide bonds. The Balaban J connectivity index is 2.31. The molecule has 1 N–H and O–H groups in total. The van der Waals surface area contributed by atoms with Crippen molar-refractivity contribution in [3.63, 3.8) is 0 Å². The zero-order chi connectivity index (χ0) is 14.0. The van der Waals surface area contributed by atoms with E-state index in [0.29, 0.717) is 23.5 Å². The van der Waals surface area contributed by atoms with Crippen molar-refractivity contribution >= 4 is 26.0 Å². The molecule has 1 aliphatic carbocycles. The van der Waals surface area contributed by atoms with E-state index in [9.17, 15) is 8.42 Å². The molecule has 0 aromatic carbocycles. The van der Waals surface area contributed by atoms with Crippen LogP contribution in [0.4, 0.5) is 0 Å². The summed E-state index contributed by atoms with van der Waals surface area (Å²) in [6.45, 7) is 3.05. The average molecular weight is 351 g/mol. The number of nitrogens with zero attached hydrogens (tertiary/aromatic N) is 1. The molecule has 0 saturated heterocycles. The van der Waals surface area contributed by atoms with Gasteiger partial charge in [0.25, 0.3) is 0 Å². The van der Waals surface area contributed by atoms with Gasteiger partial charge in [0.1, 0.15) is 10.7 Å². The highest BCUT2D eigenvalue weighted by Crippen LogP contribution is 2.35. The fourth-order valence-electron chi connectivity index (χ4n) is 2.04. The van der Waals surface area contributed by atoms with E-state index in [-0.39, 0.29) is 10.9 Å². The molecule has 0 aliphatic heterocycles. The van der Waals surface area contributed by atoms with Crippen molar-refractivity contribution in [2.24, 2.45) is 0 Å². The van der Waals surface area contributed by atoms with Crippen LogP contribution in [0.15, 0.2) is 20.0 Å². The maximum absolute atomic E-state index is 12.7. The first kappa shape index (κ1) is 15.0. The van der Waals surface area contributed by atoms with Gasteiger partial charge in [-0.1, -0.05) is 6.92 Å². The Hall–Kier alpha value is -0.370. The highest BCUT2D eigenvalue weighted by atomic mass is 79.9. The monoisotopic (exact) mass is 350 g/mol. The van der Waals surface area contributed by atoms with Crippen LogP contribution in [0.1, 0.15) is 31.9 Å². The lowest BCUT2D eigenvalue weighted by Gasteiger charge is -2.20. The molecular weight excluding hydrogens is 332 g/mol. The molecule has 1 aromatic heterocycles. The van der Waals surface area contributed by atoms with E-state index in [2.05, 4.69) is 21.2 Å². The van der Waals surface area contributed by atoms with Gasteiger partial charge >= 0.3 is 0 Å². The summed E-state index contributed by atoms with van der Waals surface area (Å²) in [6, 6.07) is 1.76. The Morgan fingerprint density at radius 2 is 2.21 bits per heavy atom. The molecule has 5 nitrogen and oxygen atoms in total. The molecule has 2 rings (SSSR count). The van der Waals surface area contributed by atoms with Gasteiger partial charge in [-0.05, 0) is 42.2 Å². The van der Waals surface area contributed by atoms with Gasteiger partial charge in [0.2, 0.25) is 10.0 Å². The molecule has 1 aromatic rings. The number of hydrogen-bond donors (Lipinski definition) is 1. The van der Waals surface area contributed by atoms with Crippen LogP contribution >= 0.6 is 15.9 Å². The number of rotatable bonds is 7. The predicted molar refractivity (Wildman–Crippen MR) is 76.4 cm³/mol. The number of furan rings is 1. The first-order valence-electron chi connectivity index (χ1n) is 6.45. The second-order valence-corrected chi connectivity index (χ2v) is 7.31. The van der Waals surface area contributed by atoms with Gasteiger partial charge in [0.15, 0.2) is 4.67 Å². The predicted octanol–water partition coefficient (Wildman–Crippen LogP) is 2.32. The standard InChI is InChI=1S/C12H19BrN2O3S/c1-3-6-15(9-4-5-9)19(16,17)11-7-10(8-14-2)18-12(11)13/h7,9,14H,3-6,8H2,1-2H3. The third-order valence-electron chi connectivity index (χ3n) is 3.04. The van der Waals surface area contributed by atoms with Gasteiger partial charge < -0.3 is 9.73 Å². The summed E-state index contributed by atoms with van der Waals surface area (Å²) in [4.78, 5) is 0.234. The Morgan fingerprint density at radius 3 is 2.74 bits per heavy atom. The maximum Gasteiger partial charge on any atom is 0.247 e. The van der Waals surface area contributed by atoms with Crippen molar-refractivity contribution in [3.8, 4) is 0 Å². The van der Waals surface area contributed by atoms with Crippen molar-refractivity contribution in [1.82, 2.24) is 9.62 Å². The maximum atomic E-state index is 12.7. The molecule has 0 spiro atoms. The summed E-state index contributed by atoms with van der Waals surface area (Å²) in [6.07, 6.45) is 2.73. The topological polar surface area (TPSA) is 62.6 Å². The third-order valence-corrected chi connectivity index (χ3v) is 5.85. The van der Waals surface area contributed by atoms with Crippen molar-refractivity contribution in [2.75, 3.05) is 13.6 Å². The van der Waals surface area contributed by atoms with E-state index in [0.717, 1.165) is 19.3 Å².